The topological polar surface area (TPSA) is 291 Å². The van der Waals surface area contributed by atoms with Crippen molar-refractivity contribution in [3.63, 3.8) is 0 Å². The Bertz CT molecular complexity index is 1810. The summed E-state index contributed by atoms with van der Waals surface area (Å²) >= 11 is 0. The molecule has 0 radical (unpaired) electrons. The van der Waals surface area contributed by atoms with Crippen molar-refractivity contribution in [1.82, 2.24) is 0 Å². The van der Waals surface area contributed by atoms with Gasteiger partial charge in [0.2, 0.25) is 0 Å². The van der Waals surface area contributed by atoms with Crippen LogP contribution in [0.2, 0.25) is 0 Å². The zero-order valence-corrected chi connectivity index (χ0v) is 44.3. The molecular weight excluding hydrogens is 1040 g/mol. The number of ether oxygens (including phenoxy) is 22. The molecule has 6 unspecified atom stereocenters. The molecule has 440 valence electrons. The van der Waals surface area contributed by atoms with Crippen molar-refractivity contribution in [2.45, 2.75) is 101 Å². The summed E-state index contributed by atoms with van der Waals surface area (Å²) in [5.74, 6) is -1.11. The summed E-state index contributed by atoms with van der Waals surface area (Å²) < 4.78 is 120. The number of hydrogen-bond acceptors (Lipinski definition) is 26. The predicted octanol–water partition coefficient (Wildman–Crippen LogP) is -0.198. The Balaban J connectivity index is 0.000000128. The monoisotopic (exact) mass is 1120 g/mol. The SMILES string of the molecule is C1OC1C1OCC2(CO1)COC(C1CO1)OC2.C=C(C)C(=O)OCC(O)C1OCC2(CO1)COC(C1CO1)OC2.C=C(C)C(=O)OCC(O)C1OCC2(CO1)COC(C1CO1)OC2.C=CC1OCC2(CO1)COC(C=C)OC2. The van der Waals surface area contributed by atoms with Crippen LogP contribution in [0.1, 0.15) is 13.8 Å². The highest BCUT2D eigenvalue weighted by Crippen LogP contribution is 2.38. The van der Waals surface area contributed by atoms with Crippen molar-refractivity contribution in [3.05, 3.63) is 49.6 Å². The van der Waals surface area contributed by atoms with Crippen LogP contribution in [0.3, 0.4) is 0 Å². The lowest BCUT2D eigenvalue weighted by atomic mass is 9.90. The minimum absolute atomic E-state index is 0.0374. The lowest BCUT2D eigenvalue weighted by Crippen LogP contribution is -2.55. The van der Waals surface area contributed by atoms with Gasteiger partial charge in [0.15, 0.2) is 50.3 Å². The Morgan fingerprint density at radius 3 is 0.808 bits per heavy atom. The maximum Gasteiger partial charge on any atom is 0.333 e. The van der Waals surface area contributed by atoms with Crippen molar-refractivity contribution in [2.75, 3.05) is 145 Å². The van der Waals surface area contributed by atoms with Gasteiger partial charge in [0.05, 0.1) is 154 Å². The Hall–Kier alpha value is -2.98. The molecule has 0 amide bonds. The van der Waals surface area contributed by atoms with Gasteiger partial charge >= 0.3 is 11.9 Å². The Labute approximate surface area is 452 Å². The van der Waals surface area contributed by atoms with Crippen molar-refractivity contribution < 1.29 is 124 Å². The quantitative estimate of drug-likeness (QED) is 0.0986. The molecule has 0 saturated carbocycles. The van der Waals surface area contributed by atoms with Gasteiger partial charge < -0.3 is 114 Å². The molecule has 12 aliphatic rings. The van der Waals surface area contributed by atoms with Gasteiger partial charge in [0.1, 0.15) is 49.8 Å². The third-order valence-corrected chi connectivity index (χ3v) is 14.0. The van der Waals surface area contributed by atoms with E-state index in [-0.39, 0.29) is 108 Å². The van der Waals surface area contributed by atoms with Gasteiger partial charge in [-0.3, -0.25) is 0 Å². The molecule has 12 rings (SSSR count). The summed E-state index contributed by atoms with van der Waals surface area (Å²) in [6.45, 7) is 27.5. The van der Waals surface area contributed by atoms with Crippen LogP contribution in [0.5, 0.6) is 0 Å². The van der Waals surface area contributed by atoms with E-state index in [1.807, 2.05) is 0 Å². The van der Waals surface area contributed by atoms with Crippen LogP contribution >= 0.6 is 0 Å². The van der Waals surface area contributed by atoms with E-state index in [0.717, 1.165) is 13.2 Å². The van der Waals surface area contributed by atoms with Crippen molar-refractivity contribution >= 4 is 11.9 Å². The molecule has 12 saturated heterocycles. The fourth-order valence-electron chi connectivity index (χ4n) is 8.68. The minimum Gasteiger partial charge on any atom is -0.459 e. The summed E-state index contributed by atoms with van der Waals surface area (Å²) in [4.78, 5) is 22.6. The first kappa shape index (κ1) is 59.6. The first-order chi connectivity index (χ1) is 37.6. The Kier molecular flexibility index (Phi) is 20.6. The Morgan fingerprint density at radius 2 is 0.615 bits per heavy atom. The first-order valence-electron chi connectivity index (χ1n) is 26.2. The van der Waals surface area contributed by atoms with E-state index in [4.69, 9.17) is 104 Å². The van der Waals surface area contributed by atoms with E-state index >= 15 is 0 Å². The van der Waals surface area contributed by atoms with E-state index in [2.05, 4.69) is 26.3 Å². The highest BCUT2D eigenvalue weighted by Gasteiger charge is 2.51. The lowest BCUT2D eigenvalue weighted by Gasteiger charge is -2.44. The van der Waals surface area contributed by atoms with Crippen LogP contribution in [0.15, 0.2) is 49.6 Å². The summed E-state index contributed by atoms with van der Waals surface area (Å²) in [6.07, 6.45) is -1.82. The third kappa shape index (κ3) is 16.6. The van der Waals surface area contributed by atoms with Crippen LogP contribution in [0.25, 0.3) is 0 Å². The molecule has 2 N–H and O–H groups in total. The van der Waals surface area contributed by atoms with Gasteiger partial charge in [-0.25, -0.2) is 9.59 Å². The molecule has 26 heteroatoms. The number of esters is 2. The number of aliphatic hydroxyl groups excluding tert-OH is 2. The zero-order valence-electron chi connectivity index (χ0n) is 44.3. The van der Waals surface area contributed by atoms with Gasteiger partial charge in [0, 0.05) is 11.1 Å². The molecule has 78 heavy (non-hydrogen) atoms. The smallest absolute Gasteiger partial charge is 0.333 e. The summed E-state index contributed by atoms with van der Waals surface area (Å²) in [6, 6.07) is 0. The minimum atomic E-state index is -1.06. The van der Waals surface area contributed by atoms with E-state index in [0.29, 0.717) is 119 Å². The Morgan fingerprint density at radius 1 is 0.410 bits per heavy atom. The molecule has 12 fully saturated rings. The van der Waals surface area contributed by atoms with Crippen LogP contribution in [-0.4, -0.2) is 254 Å². The summed E-state index contributed by atoms with van der Waals surface area (Å²) in [5, 5.41) is 20.0. The number of carbonyl (C=O) groups is 2. The average Bonchev–Trinajstić information content (AvgIpc) is 4.23. The zero-order chi connectivity index (χ0) is 54.9. The molecule has 6 atom stereocenters. The second-order valence-corrected chi connectivity index (χ2v) is 21.8. The largest absolute Gasteiger partial charge is 0.459 e. The van der Waals surface area contributed by atoms with Gasteiger partial charge in [-0.15, -0.1) is 0 Å². The molecule has 12 aliphatic heterocycles. The second kappa shape index (κ2) is 26.9. The fourth-order valence-corrected chi connectivity index (χ4v) is 8.68. The van der Waals surface area contributed by atoms with Crippen LogP contribution in [0.4, 0.5) is 0 Å². The number of carbonyl (C=O) groups excluding carboxylic acids is 2. The van der Waals surface area contributed by atoms with Gasteiger partial charge in [-0.05, 0) is 26.0 Å². The van der Waals surface area contributed by atoms with Gasteiger partial charge in [0.25, 0.3) is 0 Å². The lowest BCUT2D eigenvalue weighted by molar-refractivity contribution is -0.319. The van der Waals surface area contributed by atoms with Gasteiger partial charge in [-0.2, -0.15) is 0 Å². The summed E-state index contributed by atoms with van der Waals surface area (Å²) in [5.41, 5.74) is -0.540. The molecule has 0 aromatic rings. The van der Waals surface area contributed by atoms with E-state index in [1.165, 1.54) is 13.8 Å². The third-order valence-electron chi connectivity index (χ3n) is 14.0. The van der Waals surface area contributed by atoms with E-state index in [9.17, 15) is 19.8 Å². The molecule has 4 spiro atoms. The van der Waals surface area contributed by atoms with E-state index in [1.54, 1.807) is 12.2 Å². The molecule has 0 bridgehead atoms. The highest BCUT2D eigenvalue weighted by molar-refractivity contribution is 5.87. The van der Waals surface area contributed by atoms with Crippen molar-refractivity contribution in [3.8, 4) is 0 Å². The van der Waals surface area contributed by atoms with Crippen molar-refractivity contribution in [1.29, 1.82) is 0 Å². The number of hydrogen-bond donors (Lipinski definition) is 2. The predicted molar refractivity (Wildman–Crippen MR) is 258 cm³/mol. The van der Waals surface area contributed by atoms with Crippen molar-refractivity contribution in [2.24, 2.45) is 21.7 Å². The van der Waals surface area contributed by atoms with E-state index < -0.39 is 36.7 Å². The number of epoxide rings is 4. The molecule has 12 heterocycles. The number of aliphatic hydroxyl groups is 2. The standard InChI is InChI=1S/2C15H22O8.C11H16O6.C11H16O4/c2*1-9(2)12(17)19-3-10(16)13-20-5-15(6-21-13)7-22-14(23-8-15)11-4-18-11;1-7(12-1)9-14-3-11(4-15-9)5-16-10(17-6-11)8-2-13-8;1-3-9-12-5-11(6-13-9)7-14-10(4-2)15-8-11/h2*10-11,13-14,16H,1,3-8H2,2H3;7-10H,1-6H2;3-4,9-10H,1-2,5-8H2. The highest BCUT2D eigenvalue weighted by atomic mass is 16.8. The molecule has 26 nitrogen and oxygen atoms in total. The second-order valence-electron chi connectivity index (χ2n) is 21.8. The summed E-state index contributed by atoms with van der Waals surface area (Å²) in [7, 11) is 0. The molecule has 0 aromatic carbocycles. The maximum atomic E-state index is 11.3. The number of rotatable bonds is 14. The van der Waals surface area contributed by atoms with Gasteiger partial charge in [-0.1, -0.05) is 26.3 Å². The van der Waals surface area contributed by atoms with Crippen LogP contribution in [0, 0.1) is 21.7 Å². The fraction of sp³-hybridized carbons (Fsp3) is 0.808. The molecule has 0 aromatic heterocycles. The maximum absolute atomic E-state index is 11.3. The molecular formula is C52H76O26. The first-order valence-corrected chi connectivity index (χ1v) is 26.2. The van der Waals surface area contributed by atoms with Crippen LogP contribution < -0.4 is 0 Å². The normalized spacial score (nSPS) is 42.1. The van der Waals surface area contributed by atoms with Crippen LogP contribution in [-0.2, 0) is 114 Å². The molecule has 0 aliphatic carbocycles. The average molecular weight is 1120 g/mol.